The van der Waals surface area contributed by atoms with E-state index in [1.54, 1.807) is 24.3 Å². The van der Waals surface area contributed by atoms with E-state index in [1.807, 2.05) is 14.0 Å². The maximum Gasteiger partial charge on any atom is 0.250 e. The van der Waals surface area contributed by atoms with Gasteiger partial charge in [-0.1, -0.05) is 6.92 Å². The van der Waals surface area contributed by atoms with Crippen LogP contribution in [0.5, 0.6) is 0 Å². The summed E-state index contributed by atoms with van der Waals surface area (Å²) >= 11 is 0. The van der Waals surface area contributed by atoms with Crippen molar-refractivity contribution >= 4 is 23.3 Å². The van der Waals surface area contributed by atoms with E-state index in [4.69, 9.17) is 4.74 Å². The van der Waals surface area contributed by atoms with Crippen molar-refractivity contribution in [1.29, 1.82) is 0 Å². The molecule has 2 rings (SSSR count). The van der Waals surface area contributed by atoms with Gasteiger partial charge in [-0.2, -0.15) is 0 Å². The third kappa shape index (κ3) is 6.49. The van der Waals surface area contributed by atoms with Gasteiger partial charge in [-0.25, -0.2) is 0 Å². The molecule has 3 N–H and O–H groups in total. The van der Waals surface area contributed by atoms with E-state index < -0.39 is 0 Å². The van der Waals surface area contributed by atoms with Crippen LogP contribution in [0.1, 0.15) is 49.4 Å². The Bertz CT molecular complexity index is 726. The largest absolute Gasteiger partial charge is 0.391 e. The van der Waals surface area contributed by atoms with Gasteiger partial charge < -0.3 is 20.7 Å². The van der Waals surface area contributed by atoms with Crippen molar-refractivity contribution in [2.45, 2.75) is 39.0 Å². The standard InChI is InChI=1S/C21H29N3O4/c1-3-12-23-19(25)13-28-14-20(26)24-16-10-8-15(9-11-16)21(27)17-6-4-5-7-18(17)22-2/h8-11,22H,3-7,12-14H2,1-2H3,(H,23,25)(H,24,26). The zero-order valence-corrected chi connectivity index (χ0v) is 16.6. The molecule has 0 radical (unpaired) electrons. The van der Waals surface area contributed by atoms with Gasteiger partial charge in [0.25, 0.3) is 0 Å². The van der Waals surface area contributed by atoms with Crippen LogP contribution in [-0.4, -0.2) is 44.4 Å². The molecule has 1 aromatic rings. The molecule has 152 valence electrons. The summed E-state index contributed by atoms with van der Waals surface area (Å²) in [7, 11) is 1.85. The molecule has 0 fully saturated rings. The van der Waals surface area contributed by atoms with E-state index in [0.717, 1.165) is 43.4 Å². The van der Waals surface area contributed by atoms with E-state index in [0.29, 0.717) is 17.8 Å². The van der Waals surface area contributed by atoms with E-state index in [2.05, 4.69) is 16.0 Å². The number of anilines is 1. The number of amides is 2. The summed E-state index contributed by atoms with van der Waals surface area (Å²) in [5, 5.41) is 8.50. The van der Waals surface area contributed by atoms with Gasteiger partial charge in [0.2, 0.25) is 11.8 Å². The number of benzene rings is 1. The quantitative estimate of drug-likeness (QED) is 0.536. The second-order valence-corrected chi connectivity index (χ2v) is 6.71. The molecule has 0 spiro atoms. The van der Waals surface area contributed by atoms with Crippen molar-refractivity contribution in [2.24, 2.45) is 0 Å². The molecule has 0 atom stereocenters. The van der Waals surface area contributed by atoms with Crippen LogP contribution in [0.3, 0.4) is 0 Å². The molecule has 7 heteroatoms. The summed E-state index contributed by atoms with van der Waals surface area (Å²) in [5.74, 6) is -0.561. The highest BCUT2D eigenvalue weighted by atomic mass is 16.5. The third-order valence-electron chi connectivity index (χ3n) is 4.51. The summed E-state index contributed by atoms with van der Waals surface area (Å²) < 4.78 is 5.10. The zero-order valence-electron chi connectivity index (χ0n) is 16.6. The van der Waals surface area contributed by atoms with E-state index in [9.17, 15) is 14.4 Å². The fraction of sp³-hybridized carbons (Fsp3) is 0.476. The fourth-order valence-electron chi connectivity index (χ4n) is 3.06. The molecule has 1 aliphatic rings. The number of Topliss-reactive ketones (excluding diaryl/α,β-unsaturated/α-hetero) is 1. The molecule has 0 aromatic heterocycles. The average Bonchev–Trinajstić information content (AvgIpc) is 2.72. The van der Waals surface area contributed by atoms with Crippen LogP contribution in [0.4, 0.5) is 5.69 Å². The minimum absolute atomic E-state index is 0.0309. The highest BCUT2D eigenvalue weighted by Crippen LogP contribution is 2.26. The molecule has 0 bridgehead atoms. The fourth-order valence-corrected chi connectivity index (χ4v) is 3.06. The number of allylic oxidation sites excluding steroid dienone is 2. The Hall–Kier alpha value is -2.67. The van der Waals surface area contributed by atoms with Crippen LogP contribution in [0, 0.1) is 0 Å². The van der Waals surface area contributed by atoms with E-state index in [1.165, 1.54) is 0 Å². The van der Waals surface area contributed by atoms with Crippen LogP contribution in [0.15, 0.2) is 35.5 Å². The summed E-state index contributed by atoms with van der Waals surface area (Å²) in [4.78, 5) is 36.1. The number of rotatable bonds is 10. The monoisotopic (exact) mass is 387 g/mol. The number of carbonyl (C=O) groups excluding carboxylic acids is 3. The number of hydrogen-bond acceptors (Lipinski definition) is 5. The van der Waals surface area contributed by atoms with Gasteiger partial charge in [0.05, 0.1) is 0 Å². The van der Waals surface area contributed by atoms with Gasteiger partial charge >= 0.3 is 0 Å². The Morgan fingerprint density at radius 1 is 1.00 bits per heavy atom. The van der Waals surface area contributed by atoms with Crippen molar-refractivity contribution in [3.8, 4) is 0 Å². The van der Waals surface area contributed by atoms with Crippen LogP contribution >= 0.6 is 0 Å². The third-order valence-corrected chi connectivity index (χ3v) is 4.51. The first-order chi connectivity index (χ1) is 13.5. The van der Waals surface area contributed by atoms with Gasteiger partial charge in [0, 0.05) is 36.1 Å². The normalized spacial score (nSPS) is 13.8. The highest BCUT2D eigenvalue weighted by molar-refractivity contribution is 6.09. The Morgan fingerprint density at radius 2 is 1.68 bits per heavy atom. The summed E-state index contributed by atoms with van der Waals surface area (Å²) in [5.41, 5.74) is 3.05. The van der Waals surface area contributed by atoms with Crippen molar-refractivity contribution in [1.82, 2.24) is 10.6 Å². The Kier molecular flexibility index (Phi) is 8.68. The molecule has 0 heterocycles. The minimum Gasteiger partial charge on any atom is -0.391 e. The van der Waals surface area contributed by atoms with Crippen molar-refractivity contribution in [3.63, 3.8) is 0 Å². The van der Waals surface area contributed by atoms with Gasteiger partial charge in [0.1, 0.15) is 13.2 Å². The maximum absolute atomic E-state index is 12.7. The van der Waals surface area contributed by atoms with Crippen LogP contribution in [0.2, 0.25) is 0 Å². The molecule has 0 saturated carbocycles. The van der Waals surface area contributed by atoms with Gasteiger partial charge in [-0.15, -0.1) is 0 Å². The predicted molar refractivity (Wildman–Crippen MR) is 108 cm³/mol. The molecule has 28 heavy (non-hydrogen) atoms. The number of nitrogens with one attached hydrogen (secondary N) is 3. The summed E-state index contributed by atoms with van der Waals surface area (Å²) in [6.45, 7) is 2.19. The first-order valence-electron chi connectivity index (χ1n) is 9.74. The van der Waals surface area contributed by atoms with Crippen molar-refractivity contribution < 1.29 is 19.1 Å². The lowest BCUT2D eigenvalue weighted by molar-refractivity contribution is -0.128. The number of ether oxygens (including phenoxy) is 1. The van der Waals surface area contributed by atoms with Crippen molar-refractivity contribution in [2.75, 3.05) is 32.1 Å². The second-order valence-electron chi connectivity index (χ2n) is 6.71. The molecule has 0 unspecified atom stereocenters. The SMILES string of the molecule is CCCNC(=O)COCC(=O)Nc1ccc(C(=O)C2=C(NC)CCCC2)cc1. The van der Waals surface area contributed by atoms with Crippen LogP contribution in [0.25, 0.3) is 0 Å². The topological polar surface area (TPSA) is 96.5 Å². The number of hydrogen-bond donors (Lipinski definition) is 3. The van der Waals surface area contributed by atoms with Gasteiger partial charge in [-0.3, -0.25) is 14.4 Å². The molecular formula is C21H29N3O4. The molecule has 1 aromatic carbocycles. The molecule has 0 saturated heterocycles. The summed E-state index contributed by atoms with van der Waals surface area (Å²) in [6.07, 6.45) is 4.66. The van der Waals surface area contributed by atoms with Crippen LogP contribution in [-0.2, 0) is 14.3 Å². The Morgan fingerprint density at radius 3 is 2.36 bits per heavy atom. The molecule has 1 aliphatic carbocycles. The molecular weight excluding hydrogens is 358 g/mol. The predicted octanol–water partition coefficient (Wildman–Crippen LogP) is 2.40. The molecule has 7 nitrogen and oxygen atoms in total. The van der Waals surface area contributed by atoms with Gasteiger partial charge in [-0.05, 0) is 56.4 Å². The highest BCUT2D eigenvalue weighted by Gasteiger charge is 2.19. The maximum atomic E-state index is 12.7. The Labute approximate surface area is 165 Å². The first kappa shape index (κ1) is 21.6. The number of ketones is 1. The lowest BCUT2D eigenvalue weighted by atomic mass is 9.90. The first-order valence-corrected chi connectivity index (χ1v) is 9.74. The number of carbonyl (C=O) groups is 3. The smallest absolute Gasteiger partial charge is 0.250 e. The lowest BCUT2D eigenvalue weighted by Crippen LogP contribution is -2.30. The molecule has 2 amide bonds. The average molecular weight is 387 g/mol. The molecule has 0 aliphatic heterocycles. The second kappa shape index (κ2) is 11.2. The van der Waals surface area contributed by atoms with Crippen LogP contribution < -0.4 is 16.0 Å². The summed E-state index contributed by atoms with van der Waals surface area (Å²) in [6, 6.07) is 6.82. The Balaban J connectivity index is 1.85. The zero-order chi connectivity index (χ0) is 20.4. The van der Waals surface area contributed by atoms with E-state index in [-0.39, 0.29) is 30.8 Å². The van der Waals surface area contributed by atoms with Crippen molar-refractivity contribution in [3.05, 3.63) is 41.1 Å². The van der Waals surface area contributed by atoms with E-state index >= 15 is 0 Å². The lowest BCUT2D eigenvalue weighted by Gasteiger charge is -2.19. The minimum atomic E-state index is -0.352. The van der Waals surface area contributed by atoms with Gasteiger partial charge in [0.15, 0.2) is 5.78 Å².